The molecule has 0 aliphatic carbocycles. The van der Waals surface area contributed by atoms with E-state index in [9.17, 15) is 0 Å². The number of anilines is 1. The van der Waals surface area contributed by atoms with Crippen molar-refractivity contribution in [3.8, 4) is 0 Å². The monoisotopic (exact) mass is 229 g/mol. The van der Waals surface area contributed by atoms with Gasteiger partial charge < -0.3 is 10.5 Å². The molecule has 5 heteroatoms. The van der Waals surface area contributed by atoms with E-state index in [2.05, 4.69) is 5.43 Å². The van der Waals surface area contributed by atoms with Crippen LogP contribution in [-0.4, -0.2) is 13.2 Å². The summed E-state index contributed by atoms with van der Waals surface area (Å²) in [5.41, 5.74) is 10.0. The molecule has 0 aliphatic rings. The van der Waals surface area contributed by atoms with E-state index in [1.54, 1.807) is 12.1 Å². The number of rotatable bonds is 5. The predicted octanol–water partition coefficient (Wildman–Crippen LogP) is 1.46. The van der Waals surface area contributed by atoms with Gasteiger partial charge in [0.2, 0.25) is 0 Å². The lowest BCUT2D eigenvalue weighted by atomic mass is 10.1. The molecule has 0 bridgehead atoms. The van der Waals surface area contributed by atoms with Gasteiger partial charge in [-0.2, -0.15) is 0 Å². The second-order valence-electron chi connectivity index (χ2n) is 3.15. The van der Waals surface area contributed by atoms with Crippen molar-refractivity contribution in [1.29, 1.82) is 0 Å². The van der Waals surface area contributed by atoms with E-state index in [1.165, 1.54) is 0 Å². The summed E-state index contributed by atoms with van der Waals surface area (Å²) in [6.07, 6.45) is 0. The van der Waals surface area contributed by atoms with E-state index in [0.29, 0.717) is 23.9 Å². The Labute approximate surface area is 94.5 Å². The van der Waals surface area contributed by atoms with Crippen molar-refractivity contribution in [2.45, 2.75) is 13.0 Å². The Balaban J connectivity index is 2.81. The van der Waals surface area contributed by atoms with Gasteiger partial charge in [-0.05, 0) is 24.6 Å². The molecule has 1 atom stereocenters. The van der Waals surface area contributed by atoms with Crippen LogP contribution in [0.2, 0.25) is 5.02 Å². The molecule has 0 heterocycles. The first-order valence-electron chi connectivity index (χ1n) is 4.77. The molecule has 0 aliphatic heterocycles. The molecule has 0 amide bonds. The minimum atomic E-state index is -0.109. The van der Waals surface area contributed by atoms with Crippen LogP contribution in [0.15, 0.2) is 18.2 Å². The van der Waals surface area contributed by atoms with Gasteiger partial charge in [-0.15, -0.1) is 0 Å². The summed E-state index contributed by atoms with van der Waals surface area (Å²) >= 11 is 5.81. The van der Waals surface area contributed by atoms with Gasteiger partial charge in [-0.3, -0.25) is 11.3 Å². The van der Waals surface area contributed by atoms with E-state index in [4.69, 9.17) is 27.9 Å². The maximum Gasteiger partial charge on any atom is 0.0713 e. The standard InChI is InChI=1S/C10H16ClN3O/c1-2-15-6-10(14-13)8-4-3-7(11)5-9(8)12/h3-5,10,14H,2,6,12-13H2,1H3. The number of hydrogen-bond acceptors (Lipinski definition) is 4. The first kappa shape index (κ1) is 12.3. The third-order valence-corrected chi connectivity index (χ3v) is 2.35. The van der Waals surface area contributed by atoms with Crippen LogP contribution in [0.5, 0.6) is 0 Å². The van der Waals surface area contributed by atoms with Crippen LogP contribution >= 0.6 is 11.6 Å². The smallest absolute Gasteiger partial charge is 0.0713 e. The summed E-state index contributed by atoms with van der Waals surface area (Å²) in [5, 5.41) is 0.614. The summed E-state index contributed by atoms with van der Waals surface area (Å²) in [4.78, 5) is 0. The highest BCUT2D eigenvalue weighted by atomic mass is 35.5. The number of halogens is 1. The number of nitrogens with one attached hydrogen (secondary N) is 1. The summed E-state index contributed by atoms with van der Waals surface area (Å²) < 4.78 is 5.30. The maximum atomic E-state index is 5.83. The number of ether oxygens (including phenoxy) is 1. The normalized spacial score (nSPS) is 12.7. The Morgan fingerprint density at radius 3 is 2.80 bits per heavy atom. The van der Waals surface area contributed by atoms with Crippen LogP contribution in [0.4, 0.5) is 5.69 Å². The van der Waals surface area contributed by atoms with Crippen molar-refractivity contribution in [1.82, 2.24) is 5.43 Å². The Bertz CT molecular complexity index is 320. The molecule has 0 fully saturated rings. The first-order chi connectivity index (χ1) is 7.19. The number of benzene rings is 1. The van der Waals surface area contributed by atoms with Crippen LogP contribution < -0.4 is 17.0 Å². The number of hydrogen-bond donors (Lipinski definition) is 3. The molecule has 1 unspecified atom stereocenters. The molecule has 5 N–H and O–H groups in total. The lowest BCUT2D eigenvalue weighted by Crippen LogP contribution is -2.32. The van der Waals surface area contributed by atoms with Gasteiger partial charge in [-0.25, -0.2) is 0 Å². The molecule has 0 saturated carbocycles. The molecule has 0 spiro atoms. The van der Waals surface area contributed by atoms with Gasteiger partial charge in [0.05, 0.1) is 12.6 Å². The quantitative estimate of drug-likeness (QED) is 0.406. The van der Waals surface area contributed by atoms with Gasteiger partial charge >= 0.3 is 0 Å². The van der Waals surface area contributed by atoms with Gasteiger partial charge in [0.15, 0.2) is 0 Å². The van der Waals surface area contributed by atoms with Crippen LogP contribution in [-0.2, 0) is 4.74 Å². The van der Waals surface area contributed by atoms with Crippen LogP contribution in [0.25, 0.3) is 0 Å². The predicted molar refractivity (Wildman–Crippen MR) is 62.4 cm³/mol. The topological polar surface area (TPSA) is 73.3 Å². The Kier molecular flexibility index (Phi) is 4.84. The van der Waals surface area contributed by atoms with E-state index in [1.807, 2.05) is 13.0 Å². The van der Waals surface area contributed by atoms with E-state index < -0.39 is 0 Å². The number of hydrazine groups is 1. The lowest BCUT2D eigenvalue weighted by Gasteiger charge is -2.18. The van der Waals surface area contributed by atoms with Crippen LogP contribution in [0, 0.1) is 0 Å². The summed E-state index contributed by atoms with van der Waals surface area (Å²) in [6, 6.07) is 5.22. The van der Waals surface area contributed by atoms with Crippen molar-refractivity contribution in [2.75, 3.05) is 18.9 Å². The highest BCUT2D eigenvalue weighted by Crippen LogP contribution is 2.23. The highest BCUT2D eigenvalue weighted by Gasteiger charge is 2.12. The van der Waals surface area contributed by atoms with Gasteiger partial charge in [0, 0.05) is 17.3 Å². The average Bonchev–Trinajstić information content (AvgIpc) is 2.21. The summed E-state index contributed by atoms with van der Waals surface area (Å²) in [5.74, 6) is 5.43. The fourth-order valence-electron chi connectivity index (χ4n) is 1.33. The Morgan fingerprint density at radius 2 is 2.27 bits per heavy atom. The highest BCUT2D eigenvalue weighted by molar-refractivity contribution is 6.30. The second-order valence-corrected chi connectivity index (χ2v) is 3.59. The van der Waals surface area contributed by atoms with Crippen molar-refractivity contribution < 1.29 is 4.74 Å². The zero-order valence-corrected chi connectivity index (χ0v) is 9.42. The minimum absolute atomic E-state index is 0.109. The zero-order chi connectivity index (χ0) is 11.3. The summed E-state index contributed by atoms with van der Waals surface area (Å²) in [7, 11) is 0. The van der Waals surface area contributed by atoms with Crippen LogP contribution in [0.3, 0.4) is 0 Å². The molecule has 0 saturated heterocycles. The molecular weight excluding hydrogens is 214 g/mol. The van der Waals surface area contributed by atoms with E-state index in [0.717, 1.165) is 5.56 Å². The molecule has 1 rings (SSSR count). The molecule has 1 aromatic carbocycles. The van der Waals surface area contributed by atoms with Crippen molar-refractivity contribution in [2.24, 2.45) is 5.84 Å². The van der Waals surface area contributed by atoms with E-state index >= 15 is 0 Å². The number of nitrogens with two attached hydrogens (primary N) is 2. The Morgan fingerprint density at radius 1 is 1.53 bits per heavy atom. The number of nitrogen functional groups attached to an aromatic ring is 1. The van der Waals surface area contributed by atoms with Gasteiger partial charge in [-0.1, -0.05) is 17.7 Å². The summed E-state index contributed by atoms with van der Waals surface area (Å²) in [6.45, 7) is 3.06. The third-order valence-electron chi connectivity index (χ3n) is 2.11. The van der Waals surface area contributed by atoms with Gasteiger partial charge in [0.25, 0.3) is 0 Å². The minimum Gasteiger partial charge on any atom is -0.398 e. The van der Waals surface area contributed by atoms with Gasteiger partial charge in [0.1, 0.15) is 0 Å². The second kappa shape index (κ2) is 5.92. The van der Waals surface area contributed by atoms with Crippen molar-refractivity contribution in [3.05, 3.63) is 28.8 Å². The maximum absolute atomic E-state index is 5.83. The lowest BCUT2D eigenvalue weighted by molar-refractivity contribution is 0.123. The molecule has 84 valence electrons. The molecule has 0 radical (unpaired) electrons. The third kappa shape index (κ3) is 3.35. The largest absolute Gasteiger partial charge is 0.398 e. The molecule has 15 heavy (non-hydrogen) atoms. The fourth-order valence-corrected chi connectivity index (χ4v) is 1.51. The van der Waals surface area contributed by atoms with E-state index in [-0.39, 0.29) is 6.04 Å². The molecule has 0 aromatic heterocycles. The SMILES string of the molecule is CCOCC(NN)c1ccc(Cl)cc1N. The molecular formula is C10H16ClN3O. The zero-order valence-electron chi connectivity index (χ0n) is 8.66. The Hall–Kier alpha value is -0.810. The van der Waals surface area contributed by atoms with Crippen molar-refractivity contribution in [3.63, 3.8) is 0 Å². The van der Waals surface area contributed by atoms with Crippen molar-refractivity contribution >= 4 is 17.3 Å². The van der Waals surface area contributed by atoms with Crippen LogP contribution in [0.1, 0.15) is 18.5 Å². The first-order valence-corrected chi connectivity index (χ1v) is 5.15. The molecule has 4 nitrogen and oxygen atoms in total. The fraction of sp³-hybridized carbons (Fsp3) is 0.400. The average molecular weight is 230 g/mol. The molecule has 1 aromatic rings.